The lowest BCUT2D eigenvalue weighted by Crippen LogP contribution is -2.19. The fourth-order valence-corrected chi connectivity index (χ4v) is 4.89. The van der Waals surface area contributed by atoms with E-state index in [1.165, 1.54) is 11.3 Å². The van der Waals surface area contributed by atoms with Gasteiger partial charge in [0.25, 0.3) is 5.91 Å². The van der Waals surface area contributed by atoms with Crippen molar-refractivity contribution in [2.45, 2.75) is 18.7 Å². The standard InChI is InChI=1S/C18H17FN2O3S2/c1-11-8-12(2)17-15(9-11)21(3)18(25-17)20-16(22)10-26(23,24)14-6-4-13(19)5-7-14/h4-9H,10H2,1-3H3. The lowest BCUT2D eigenvalue weighted by molar-refractivity contribution is -0.115. The van der Waals surface area contributed by atoms with Gasteiger partial charge in [-0.1, -0.05) is 17.4 Å². The molecular formula is C18H17FN2O3S2. The number of fused-ring (bicyclic) bond motifs is 1. The highest BCUT2D eigenvalue weighted by atomic mass is 32.2. The molecule has 0 bridgehead atoms. The van der Waals surface area contributed by atoms with Crippen molar-refractivity contribution in [3.8, 4) is 0 Å². The molecule has 26 heavy (non-hydrogen) atoms. The third kappa shape index (κ3) is 3.61. The largest absolute Gasteiger partial charge is 0.319 e. The Labute approximate surface area is 154 Å². The molecule has 1 heterocycles. The normalized spacial score (nSPS) is 12.7. The molecule has 0 N–H and O–H groups in total. The summed E-state index contributed by atoms with van der Waals surface area (Å²) < 4.78 is 40.3. The Morgan fingerprint density at radius 3 is 2.50 bits per heavy atom. The Balaban J connectivity index is 1.96. The molecule has 0 atom stereocenters. The van der Waals surface area contributed by atoms with Gasteiger partial charge in [0.15, 0.2) is 14.6 Å². The smallest absolute Gasteiger partial charge is 0.263 e. The fraction of sp³-hybridized carbons (Fsp3) is 0.222. The van der Waals surface area contributed by atoms with E-state index >= 15 is 0 Å². The molecule has 0 unspecified atom stereocenters. The van der Waals surface area contributed by atoms with Crippen molar-refractivity contribution < 1.29 is 17.6 Å². The van der Waals surface area contributed by atoms with Gasteiger partial charge in [-0.2, -0.15) is 4.99 Å². The number of carbonyl (C=O) groups is 1. The summed E-state index contributed by atoms with van der Waals surface area (Å²) in [5, 5.41) is 0. The second kappa shape index (κ2) is 6.77. The third-order valence-corrected chi connectivity index (χ3v) is 6.85. The first-order chi connectivity index (χ1) is 12.2. The van der Waals surface area contributed by atoms with Crippen LogP contribution < -0.4 is 4.80 Å². The summed E-state index contributed by atoms with van der Waals surface area (Å²) in [4.78, 5) is 16.5. The molecule has 0 saturated carbocycles. The van der Waals surface area contributed by atoms with Crippen molar-refractivity contribution in [2.75, 3.05) is 5.75 Å². The van der Waals surface area contributed by atoms with Crippen LogP contribution in [0.15, 0.2) is 46.3 Å². The third-order valence-electron chi connectivity index (χ3n) is 3.95. The Morgan fingerprint density at radius 1 is 1.19 bits per heavy atom. The summed E-state index contributed by atoms with van der Waals surface area (Å²) in [6, 6.07) is 8.42. The molecule has 0 aliphatic carbocycles. The van der Waals surface area contributed by atoms with Crippen LogP contribution in [0.25, 0.3) is 10.2 Å². The highest BCUT2D eigenvalue weighted by Crippen LogP contribution is 2.22. The number of aromatic nitrogens is 1. The van der Waals surface area contributed by atoms with Gasteiger partial charge in [-0.05, 0) is 55.3 Å². The van der Waals surface area contributed by atoms with Gasteiger partial charge in [0, 0.05) is 7.05 Å². The van der Waals surface area contributed by atoms with E-state index in [4.69, 9.17) is 0 Å². The van der Waals surface area contributed by atoms with Crippen LogP contribution in [0.3, 0.4) is 0 Å². The number of rotatable bonds is 3. The first-order valence-corrected chi connectivity index (χ1v) is 10.3. The molecule has 0 aliphatic rings. The van der Waals surface area contributed by atoms with Crippen molar-refractivity contribution in [2.24, 2.45) is 12.0 Å². The van der Waals surface area contributed by atoms with Gasteiger partial charge in [-0.25, -0.2) is 12.8 Å². The number of carbonyl (C=O) groups excluding carboxylic acids is 1. The van der Waals surface area contributed by atoms with Crippen molar-refractivity contribution in [3.63, 3.8) is 0 Å². The number of thiazole rings is 1. The second-order valence-electron chi connectivity index (χ2n) is 6.09. The van der Waals surface area contributed by atoms with E-state index in [2.05, 4.69) is 4.99 Å². The summed E-state index contributed by atoms with van der Waals surface area (Å²) in [5.74, 6) is -2.06. The highest BCUT2D eigenvalue weighted by Gasteiger charge is 2.19. The molecule has 8 heteroatoms. The van der Waals surface area contributed by atoms with Gasteiger partial charge in [-0.15, -0.1) is 0 Å². The van der Waals surface area contributed by atoms with Crippen LogP contribution in [0.1, 0.15) is 11.1 Å². The summed E-state index contributed by atoms with van der Waals surface area (Å²) in [7, 11) is -2.08. The molecule has 136 valence electrons. The van der Waals surface area contributed by atoms with Gasteiger partial charge in [0.1, 0.15) is 11.6 Å². The Bertz CT molecular complexity index is 1170. The Hall–Kier alpha value is -2.32. The van der Waals surface area contributed by atoms with E-state index in [1.807, 2.05) is 26.0 Å². The lowest BCUT2D eigenvalue weighted by Gasteiger charge is -2.01. The molecule has 3 aromatic rings. The molecular weight excluding hydrogens is 375 g/mol. The summed E-state index contributed by atoms with van der Waals surface area (Å²) >= 11 is 1.34. The van der Waals surface area contributed by atoms with E-state index in [9.17, 15) is 17.6 Å². The van der Waals surface area contributed by atoms with Crippen molar-refractivity contribution >= 4 is 37.3 Å². The molecule has 2 aromatic carbocycles. The fourth-order valence-electron chi connectivity index (χ4n) is 2.70. The van der Waals surface area contributed by atoms with E-state index in [0.29, 0.717) is 4.80 Å². The van der Waals surface area contributed by atoms with Gasteiger partial charge < -0.3 is 4.57 Å². The van der Waals surface area contributed by atoms with E-state index in [0.717, 1.165) is 45.6 Å². The van der Waals surface area contributed by atoms with E-state index in [-0.39, 0.29) is 4.90 Å². The molecule has 0 radical (unpaired) electrons. The average molecular weight is 392 g/mol. The molecule has 1 aromatic heterocycles. The number of aryl methyl sites for hydroxylation is 3. The minimum atomic E-state index is -3.87. The monoisotopic (exact) mass is 392 g/mol. The molecule has 0 fully saturated rings. The van der Waals surface area contributed by atoms with E-state index < -0.39 is 27.3 Å². The van der Waals surface area contributed by atoms with Crippen LogP contribution >= 0.6 is 11.3 Å². The maximum atomic E-state index is 12.9. The number of sulfone groups is 1. The zero-order chi connectivity index (χ0) is 19.1. The second-order valence-corrected chi connectivity index (χ2v) is 9.06. The van der Waals surface area contributed by atoms with Gasteiger partial charge in [0.05, 0.1) is 15.1 Å². The van der Waals surface area contributed by atoms with Crippen molar-refractivity contribution in [1.82, 2.24) is 4.57 Å². The topological polar surface area (TPSA) is 68.5 Å². The molecule has 0 saturated heterocycles. The molecule has 3 rings (SSSR count). The van der Waals surface area contributed by atoms with Crippen LogP contribution in [0, 0.1) is 19.7 Å². The summed E-state index contributed by atoms with van der Waals surface area (Å²) in [5.41, 5.74) is 3.12. The minimum Gasteiger partial charge on any atom is -0.319 e. The first-order valence-electron chi connectivity index (χ1n) is 7.80. The zero-order valence-electron chi connectivity index (χ0n) is 14.5. The van der Waals surface area contributed by atoms with Crippen LogP contribution in [-0.4, -0.2) is 24.6 Å². The summed E-state index contributed by atoms with van der Waals surface area (Å²) in [6.45, 7) is 3.97. The number of nitrogens with zero attached hydrogens (tertiary/aromatic N) is 2. The maximum Gasteiger partial charge on any atom is 0.263 e. The predicted molar refractivity (Wildman–Crippen MR) is 99.3 cm³/mol. The summed E-state index contributed by atoms with van der Waals surface area (Å²) in [6.07, 6.45) is 0. The van der Waals surface area contributed by atoms with Crippen LogP contribution in [0.5, 0.6) is 0 Å². The number of amides is 1. The van der Waals surface area contributed by atoms with Gasteiger partial charge in [-0.3, -0.25) is 4.79 Å². The highest BCUT2D eigenvalue weighted by molar-refractivity contribution is 7.92. The average Bonchev–Trinajstić information content (AvgIpc) is 2.84. The number of halogens is 1. The Morgan fingerprint density at radius 2 is 1.85 bits per heavy atom. The van der Waals surface area contributed by atoms with Crippen molar-refractivity contribution in [3.05, 3.63) is 58.1 Å². The SMILES string of the molecule is Cc1cc(C)c2sc(=NC(=O)CS(=O)(=O)c3ccc(F)cc3)n(C)c2c1. The lowest BCUT2D eigenvalue weighted by atomic mass is 10.1. The van der Waals surface area contributed by atoms with Gasteiger partial charge in [0.2, 0.25) is 0 Å². The molecule has 5 nitrogen and oxygen atoms in total. The van der Waals surface area contributed by atoms with Crippen LogP contribution in [0.2, 0.25) is 0 Å². The number of hydrogen-bond donors (Lipinski definition) is 0. The van der Waals surface area contributed by atoms with Crippen LogP contribution in [-0.2, 0) is 21.7 Å². The van der Waals surface area contributed by atoms with E-state index in [1.54, 1.807) is 11.6 Å². The number of hydrogen-bond acceptors (Lipinski definition) is 4. The van der Waals surface area contributed by atoms with Crippen molar-refractivity contribution in [1.29, 1.82) is 0 Å². The minimum absolute atomic E-state index is 0.102. The Kier molecular flexibility index (Phi) is 4.81. The molecule has 0 aliphatic heterocycles. The van der Waals surface area contributed by atoms with Gasteiger partial charge >= 0.3 is 0 Å². The van der Waals surface area contributed by atoms with Crippen LogP contribution in [0.4, 0.5) is 4.39 Å². The number of benzene rings is 2. The molecule has 1 amide bonds. The predicted octanol–water partition coefficient (Wildman–Crippen LogP) is 2.90. The molecule has 0 spiro atoms. The zero-order valence-corrected chi connectivity index (χ0v) is 16.1. The quantitative estimate of drug-likeness (QED) is 0.644. The maximum absolute atomic E-state index is 12.9. The first kappa shape index (κ1) is 18.5.